The predicted octanol–water partition coefficient (Wildman–Crippen LogP) is 7.29. The van der Waals surface area contributed by atoms with Crippen molar-refractivity contribution in [3.63, 3.8) is 0 Å². The second-order valence-electron chi connectivity index (χ2n) is 8.52. The van der Waals surface area contributed by atoms with Crippen LogP contribution in [0.1, 0.15) is 26.3 Å². The molecule has 0 fully saturated rings. The third-order valence-electron chi connectivity index (χ3n) is 5.65. The smallest absolute Gasteiger partial charge is 0.272 e. The number of halogens is 2. The Morgan fingerprint density at radius 2 is 1.56 bits per heavy atom. The molecule has 0 atom stereocenters. The first-order chi connectivity index (χ1) is 19.7. The van der Waals surface area contributed by atoms with Crippen LogP contribution in [-0.4, -0.2) is 28.3 Å². The standard InChI is InChI=1S/C30H21Cl2N3O5S/c31-25-14-5-10-21(28(25)32)16-26(34-29(37)19-7-2-1-3-8-19)30(38)33-22-11-6-13-24(17-22)41-18-27(36)20-9-4-12-23(15-20)35(39)40/h1-17H,18H2,(H,33,38)(H,34,37)/b26-16-. The van der Waals surface area contributed by atoms with Crippen molar-refractivity contribution in [3.05, 3.63) is 140 Å². The molecule has 206 valence electrons. The van der Waals surface area contributed by atoms with Gasteiger partial charge < -0.3 is 10.6 Å². The number of anilines is 1. The number of nitrogens with zero attached hydrogens (tertiary/aromatic N) is 1. The Hall–Kier alpha value is -4.44. The summed E-state index contributed by atoms with van der Waals surface area (Å²) < 4.78 is 0. The van der Waals surface area contributed by atoms with Gasteiger partial charge in [-0.2, -0.15) is 0 Å². The number of carbonyl (C=O) groups excluding carboxylic acids is 3. The van der Waals surface area contributed by atoms with Crippen molar-refractivity contribution in [1.29, 1.82) is 0 Å². The number of nitro groups is 1. The number of rotatable bonds is 10. The third-order valence-corrected chi connectivity index (χ3v) is 7.48. The van der Waals surface area contributed by atoms with E-state index in [1.807, 2.05) is 0 Å². The average molecular weight is 606 g/mol. The molecule has 4 aromatic carbocycles. The molecule has 11 heteroatoms. The maximum absolute atomic E-state index is 13.3. The predicted molar refractivity (Wildman–Crippen MR) is 162 cm³/mol. The molecule has 0 spiro atoms. The van der Waals surface area contributed by atoms with E-state index in [0.717, 1.165) is 0 Å². The number of carbonyl (C=O) groups is 3. The van der Waals surface area contributed by atoms with Crippen LogP contribution in [0.15, 0.2) is 108 Å². The normalized spacial score (nSPS) is 11.0. The Morgan fingerprint density at radius 1 is 0.854 bits per heavy atom. The lowest BCUT2D eigenvalue weighted by Crippen LogP contribution is -2.30. The largest absolute Gasteiger partial charge is 0.321 e. The van der Waals surface area contributed by atoms with Crippen LogP contribution in [0.25, 0.3) is 6.08 Å². The van der Waals surface area contributed by atoms with Crippen LogP contribution >= 0.6 is 35.0 Å². The quantitative estimate of drug-likeness (QED) is 0.0644. The number of non-ortho nitro benzene ring substituents is 1. The second-order valence-corrected chi connectivity index (χ2v) is 10.4. The lowest BCUT2D eigenvalue weighted by atomic mass is 10.1. The number of ketones is 1. The molecule has 0 aliphatic heterocycles. The summed E-state index contributed by atoms with van der Waals surface area (Å²) in [7, 11) is 0. The fraction of sp³-hybridized carbons (Fsp3) is 0.0333. The molecule has 0 radical (unpaired) electrons. The van der Waals surface area contributed by atoms with Gasteiger partial charge in [-0.3, -0.25) is 24.5 Å². The van der Waals surface area contributed by atoms with Crippen LogP contribution in [-0.2, 0) is 4.79 Å². The minimum atomic E-state index is -0.611. The van der Waals surface area contributed by atoms with Gasteiger partial charge in [-0.25, -0.2) is 0 Å². The number of hydrogen-bond acceptors (Lipinski definition) is 6. The van der Waals surface area contributed by atoms with Crippen molar-refractivity contribution in [1.82, 2.24) is 5.32 Å². The van der Waals surface area contributed by atoms with Crippen LogP contribution in [0.2, 0.25) is 10.0 Å². The lowest BCUT2D eigenvalue weighted by Gasteiger charge is -2.13. The average Bonchev–Trinajstić information content (AvgIpc) is 2.98. The summed E-state index contributed by atoms with van der Waals surface area (Å²) in [6.07, 6.45) is 1.43. The summed E-state index contributed by atoms with van der Waals surface area (Å²) in [5.41, 5.74) is 1.21. The highest BCUT2D eigenvalue weighted by Gasteiger charge is 2.17. The van der Waals surface area contributed by atoms with Gasteiger partial charge >= 0.3 is 0 Å². The molecule has 0 aliphatic carbocycles. The summed E-state index contributed by atoms with van der Waals surface area (Å²) in [6, 6.07) is 25.7. The Kier molecular flexibility index (Phi) is 9.91. The zero-order valence-corrected chi connectivity index (χ0v) is 23.5. The molecule has 4 rings (SSSR count). The van der Waals surface area contributed by atoms with Gasteiger partial charge in [0.2, 0.25) is 0 Å². The van der Waals surface area contributed by atoms with E-state index in [9.17, 15) is 24.5 Å². The van der Waals surface area contributed by atoms with E-state index >= 15 is 0 Å². The fourth-order valence-corrected chi connectivity index (χ4v) is 4.83. The fourth-order valence-electron chi connectivity index (χ4n) is 3.62. The van der Waals surface area contributed by atoms with Gasteiger partial charge in [0.1, 0.15) is 5.70 Å². The topological polar surface area (TPSA) is 118 Å². The number of Topliss-reactive ketones (excluding diaryl/α,β-unsaturated/α-hetero) is 1. The summed E-state index contributed by atoms with van der Waals surface area (Å²) in [4.78, 5) is 50.0. The summed E-state index contributed by atoms with van der Waals surface area (Å²) in [6.45, 7) is 0. The van der Waals surface area contributed by atoms with Crippen LogP contribution in [0.3, 0.4) is 0 Å². The van der Waals surface area contributed by atoms with E-state index in [0.29, 0.717) is 26.7 Å². The highest BCUT2D eigenvalue weighted by molar-refractivity contribution is 8.00. The molecule has 8 nitrogen and oxygen atoms in total. The summed E-state index contributed by atoms with van der Waals surface area (Å²) >= 11 is 13.7. The number of thioether (sulfide) groups is 1. The van der Waals surface area contributed by atoms with Crippen molar-refractivity contribution in [2.45, 2.75) is 4.90 Å². The Labute approximate surface area is 249 Å². The van der Waals surface area contributed by atoms with Gasteiger partial charge in [-0.05, 0) is 48.0 Å². The van der Waals surface area contributed by atoms with E-state index in [-0.39, 0.29) is 33.5 Å². The minimum absolute atomic E-state index is 0.0319. The van der Waals surface area contributed by atoms with E-state index in [1.165, 1.54) is 42.1 Å². The van der Waals surface area contributed by atoms with Gasteiger partial charge in [0, 0.05) is 33.8 Å². The Morgan fingerprint density at radius 3 is 2.32 bits per heavy atom. The molecule has 0 bridgehead atoms. The Balaban J connectivity index is 1.51. The maximum atomic E-state index is 13.3. The van der Waals surface area contributed by atoms with Crippen molar-refractivity contribution < 1.29 is 19.3 Å². The van der Waals surface area contributed by atoms with Crippen molar-refractivity contribution in [3.8, 4) is 0 Å². The van der Waals surface area contributed by atoms with Crippen molar-refractivity contribution in [2.75, 3.05) is 11.1 Å². The van der Waals surface area contributed by atoms with Crippen LogP contribution < -0.4 is 10.6 Å². The van der Waals surface area contributed by atoms with Crippen molar-refractivity contribution in [2.24, 2.45) is 0 Å². The Bertz CT molecular complexity index is 1660. The van der Waals surface area contributed by atoms with Gasteiger partial charge in [0.05, 0.1) is 20.7 Å². The minimum Gasteiger partial charge on any atom is -0.321 e. The van der Waals surface area contributed by atoms with E-state index in [2.05, 4.69) is 10.6 Å². The molecule has 2 amide bonds. The molecule has 41 heavy (non-hydrogen) atoms. The maximum Gasteiger partial charge on any atom is 0.272 e. The number of amides is 2. The molecule has 2 N–H and O–H groups in total. The highest BCUT2D eigenvalue weighted by Crippen LogP contribution is 2.28. The second kappa shape index (κ2) is 13.8. The monoisotopic (exact) mass is 605 g/mol. The van der Waals surface area contributed by atoms with Crippen molar-refractivity contribution >= 4 is 70.0 Å². The van der Waals surface area contributed by atoms with Crippen LogP contribution in [0.4, 0.5) is 11.4 Å². The number of nitrogens with one attached hydrogen (secondary N) is 2. The van der Waals surface area contributed by atoms with Crippen LogP contribution in [0, 0.1) is 10.1 Å². The first kappa shape index (κ1) is 29.5. The molecule has 4 aromatic rings. The highest BCUT2D eigenvalue weighted by atomic mass is 35.5. The first-order valence-corrected chi connectivity index (χ1v) is 13.8. The zero-order chi connectivity index (χ0) is 29.4. The zero-order valence-electron chi connectivity index (χ0n) is 21.2. The summed E-state index contributed by atoms with van der Waals surface area (Å²) in [5, 5.41) is 16.9. The van der Waals surface area contributed by atoms with E-state index in [1.54, 1.807) is 72.8 Å². The van der Waals surface area contributed by atoms with Gasteiger partial charge in [0.25, 0.3) is 17.5 Å². The summed E-state index contributed by atoms with van der Waals surface area (Å²) in [5.74, 6) is -1.35. The molecule has 0 unspecified atom stereocenters. The van der Waals surface area contributed by atoms with Gasteiger partial charge in [0.15, 0.2) is 5.78 Å². The first-order valence-electron chi connectivity index (χ1n) is 12.1. The number of hydrogen-bond donors (Lipinski definition) is 2. The molecular weight excluding hydrogens is 585 g/mol. The number of nitro benzene ring substituents is 1. The molecule has 0 saturated carbocycles. The molecule has 0 aromatic heterocycles. The molecule has 0 heterocycles. The SMILES string of the molecule is O=C(Nc1cccc(SCC(=O)c2cccc([N+](=O)[O-])c2)c1)/C(=C/c1cccc(Cl)c1Cl)NC(=O)c1ccccc1. The number of benzene rings is 4. The van der Waals surface area contributed by atoms with Gasteiger partial charge in [-0.1, -0.05) is 71.7 Å². The lowest BCUT2D eigenvalue weighted by molar-refractivity contribution is -0.384. The third kappa shape index (κ3) is 8.04. The van der Waals surface area contributed by atoms with E-state index in [4.69, 9.17) is 23.2 Å². The molecular formula is C30H21Cl2N3O5S. The molecule has 0 saturated heterocycles. The van der Waals surface area contributed by atoms with Gasteiger partial charge in [-0.15, -0.1) is 11.8 Å². The van der Waals surface area contributed by atoms with E-state index < -0.39 is 16.7 Å². The molecule has 0 aliphatic rings. The van der Waals surface area contributed by atoms with Crippen LogP contribution in [0.5, 0.6) is 0 Å².